The SMILES string of the molecule is CCOc1c(/C=N/Nc2nc(C)cc(=O)[nH]2)cccc1OC. The number of nitrogens with one attached hydrogen (secondary N) is 2. The van der Waals surface area contributed by atoms with Crippen molar-refractivity contribution in [2.24, 2.45) is 5.10 Å². The van der Waals surface area contributed by atoms with Crippen molar-refractivity contribution in [3.8, 4) is 11.5 Å². The molecule has 2 rings (SSSR count). The summed E-state index contributed by atoms with van der Waals surface area (Å²) in [7, 11) is 1.58. The number of hydrogen-bond acceptors (Lipinski definition) is 6. The van der Waals surface area contributed by atoms with Gasteiger partial charge in [0.2, 0.25) is 5.95 Å². The minimum Gasteiger partial charge on any atom is -0.493 e. The highest BCUT2D eigenvalue weighted by molar-refractivity contribution is 5.85. The minimum atomic E-state index is -0.235. The Hall–Kier alpha value is -2.83. The number of hydrazone groups is 1. The number of aromatic amines is 1. The first kappa shape index (κ1) is 15.6. The maximum Gasteiger partial charge on any atom is 0.252 e. The molecular formula is C15H18N4O3. The molecule has 0 atom stereocenters. The lowest BCUT2D eigenvalue weighted by atomic mass is 10.2. The predicted octanol–water partition coefficient (Wildman–Crippen LogP) is 1.93. The van der Waals surface area contributed by atoms with Gasteiger partial charge in [-0.2, -0.15) is 5.10 Å². The fourth-order valence-electron chi connectivity index (χ4n) is 1.89. The maximum absolute atomic E-state index is 11.3. The van der Waals surface area contributed by atoms with Gasteiger partial charge in [0.1, 0.15) is 0 Å². The average Bonchev–Trinajstić information content (AvgIpc) is 2.48. The van der Waals surface area contributed by atoms with Gasteiger partial charge in [-0.15, -0.1) is 0 Å². The number of benzene rings is 1. The molecule has 22 heavy (non-hydrogen) atoms. The van der Waals surface area contributed by atoms with Crippen molar-refractivity contribution in [1.29, 1.82) is 0 Å². The second kappa shape index (κ2) is 7.26. The van der Waals surface area contributed by atoms with Crippen LogP contribution in [0.25, 0.3) is 0 Å². The zero-order chi connectivity index (χ0) is 15.9. The molecule has 1 heterocycles. The third-order valence-electron chi connectivity index (χ3n) is 2.76. The van der Waals surface area contributed by atoms with Crippen molar-refractivity contribution < 1.29 is 9.47 Å². The molecule has 1 aromatic heterocycles. The van der Waals surface area contributed by atoms with E-state index in [1.165, 1.54) is 6.07 Å². The molecule has 2 N–H and O–H groups in total. The Morgan fingerprint density at radius 1 is 1.45 bits per heavy atom. The van der Waals surface area contributed by atoms with Crippen LogP contribution < -0.4 is 20.5 Å². The Labute approximate surface area is 128 Å². The third-order valence-corrected chi connectivity index (χ3v) is 2.76. The molecule has 7 nitrogen and oxygen atoms in total. The van der Waals surface area contributed by atoms with Crippen LogP contribution in [0.2, 0.25) is 0 Å². The van der Waals surface area contributed by atoms with Gasteiger partial charge < -0.3 is 9.47 Å². The number of aromatic nitrogens is 2. The van der Waals surface area contributed by atoms with Crippen LogP contribution in [0, 0.1) is 6.92 Å². The van der Waals surface area contributed by atoms with E-state index < -0.39 is 0 Å². The summed E-state index contributed by atoms with van der Waals surface area (Å²) >= 11 is 0. The molecule has 1 aromatic carbocycles. The van der Waals surface area contributed by atoms with E-state index in [9.17, 15) is 4.79 Å². The highest BCUT2D eigenvalue weighted by atomic mass is 16.5. The van der Waals surface area contributed by atoms with Crippen LogP contribution in [-0.2, 0) is 0 Å². The quantitative estimate of drug-likeness (QED) is 0.629. The normalized spacial score (nSPS) is 10.7. The molecule has 0 aliphatic carbocycles. The Balaban J connectivity index is 2.21. The number of methoxy groups -OCH3 is 1. The van der Waals surface area contributed by atoms with Crippen LogP contribution in [0.5, 0.6) is 11.5 Å². The topological polar surface area (TPSA) is 88.6 Å². The van der Waals surface area contributed by atoms with Gasteiger partial charge in [0.25, 0.3) is 5.56 Å². The fraction of sp³-hybridized carbons (Fsp3) is 0.267. The van der Waals surface area contributed by atoms with Crippen molar-refractivity contribution >= 4 is 12.2 Å². The average molecular weight is 302 g/mol. The molecule has 2 aromatic rings. The van der Waals surface area contributed by atoms with Crippen LogP contribution in [-0.4, -0.2) is 29.9 Å². The van der Waals surface area contributed by atoms with Crippen molar-refractivity contribution in [1.82, 2.24) is 9.97 Å². The molecule has 0 aliphatic heterocycles. The summed E-state index contributed by atoms with van der Waals surface area (Å²) in [5.74, 6) is 1.53. The molecule has 0 amide bonds. The molecular weight excluding hydrogens is 284 g/mol. The molecule has 0 aliphatic rings. The van der Waals surface area contributed by atoms with E-state index in [0.29, 0.717) is 23.8 Å². The van der Waals surface area contributed by atoms with Crippen molar-refractivity contribution in [3.63, 3.8) is 0 Å². The van der Waals surface area contributed by atoms with E-state index in [4.69, 9.17) is 9.47 Å². The summed E-state index contributed by atoms with van der Waals surface area (Å²) in [6.07, 6.45) is 1.58. The fourth-order valence-corrected chi connectivity index (χ4v) is 1.89. The molecule has 0 fully saturated rings. The van der Waals surface area contributed by atoms with E-state index >= 15 is 0 Å². The van der Waals surface area contributed by atoms with Gasteiger partial charge in [-0.1, -0.05) is 6.07 Å². The smallest absolute Gasteiger partial charge is 0.252 e. The predicted molar refractivity (Wildman–Crippen MR) is 85.0 cm³/mol. The summed E-state index contributed by atoms with van der Waals surface area (Å²) in [4.78, 5) is 18.0. The number of para-hydroxylation sites is 1. The molecule has 0 radical (unpaired) electrons. The first-order valence-electron chi connectivity index (χ1n) is 6.81. The van der Waals surface area contributed by atoms with E-state index in [0.717, 1.165) is 5.56 Å². The van der Waals surface area contributed by atoms with Crippen molar-refractivity contribution in [2.75, 3.05) is 19.1 Å². The molecule has 0 unspecified atom stereocenters. The van der Waals surface area contributed by atoms with Gasteiger partial charge in [-0.25, -0.2) is 10.4 Å². The number of ether oxygens (including phenoxy) is 2. The molecule has 0 spiro atoms. The first-order valence-corrected chi connectivity index (χ1v) is 6.81. The summed E-state index contributed by atoms with van der Waals surface area (Å²) in [6.45, 7) is 4.15. The summed E-state index contributed by atoms with van der Waals surface area (Å²) in [6, 6.07) is 6.92. The van der Waals surface area contributed by atoms with Gasteiger partial charge >= 0.3 is 0 Å². The lowest BCUT2D eigenvalue weighted by Gasteiger charge is -2.11. The van der Waals surface area contributed by atoms with Crippen LogP contribution in [0.3, 0.4) is 0 Å². The van der Waals surface area contributed by atoms with Crippen LogP contribution in [0.4, 0.5) is 5.95 Å². The molecule has 0 saturated carbocycles. The van der Waals surface area contributed by atoms with Crippen LogP contribution in [0.1, 0.15) is 18.2 Å². The second-order valence-corrected chi connectivity index (χ2v) is 4.42. The molecule has 116 valence electrons. The Morgan fingerprint density at radius 3 is 2.95 bits per heavy atom. The third kappa shape index (κ3) is 3.85. The Kier molecular flexibility index (Phi) is 5.13. The highest BCUT2D eigenvalue weighted by Gasteiger charge is 2.08. The lowest BCUT2D eigenvalue weighted by molar-refractivity contribution is 0.310. The van der Waals surface area contributed by atoms with Gasteiger partial charge in [0, 0.05) is 17.3 Å². The van der Waals surface area contributed by atoms with Gasteiger partial charge in [-0.3, -0.25) is 9.78 Å². The zero-order valence-electron chi connectivity index (χ0n) is 12.7. The van der Waals surface area contributed by atoms with Gasteiger partial charge in [0.15, 0.2) is 11.5 Å². The molecule has 0 saturated heterocycles. The van der Waals surface area contributed by atoms with E-state index in [1.54, 1.807) is 20.2 Å². The maximum atomic E-state index is 11.3. The Bertz CT molecular complexity index is 725. The number of nitrogens with zero attached hydrogens (tertiary/aromatic N) is 2. The van der Waals surface area contributed by atoms with Crippen molar-refractivity contribution in [3.05, 3.63) is 45.9 Å². The highest BCUT2D eigenvalue weighted by Crippen LogP contribution is 2.29. The number of H-pyrrole nitrogens is 1. The standard InChI is InChI=1S/C15H18N4O3/c1-4-22-14-11(6-5-7-12(14)21-3)9-16-19-15-17-10(2)8-13(20)18-15/h5-9H,4H2,1-3H3,(H2,17,18,19,20)/b16-9+. The number of hydrogen-bond donors (Lipinski definition) is 2. The summed E-state index contributed by atoms with van der Waals surface area (Å²) in [5, 5.41) is 4.07. The largest absolute Gasteiger partial charge is 0.493 e. The number of rotatable bonds is 6. The van der Waals surface area contributed by atoms with Gasteiger partial charge in [-0.05, 0) is 26.0 Å². The summed E-state index contributed by atoms with van der Waals surface area (Å²) in [5.41, 5.74) is 3.82. The monoisotopic (exact) mass is 302 g/mol. The molecule has 0 bridgehead atoms. The van der Waals surface area contributed by atoms with Crippen LogP contribution >= 0.6 is 0 Å². The summed E-state index contributed by atoms with van der Waals surface area (Å²) < 4.78 is 10.9. The number of anilines is 1. The number of aryl methyl sites for hydroxylation is 1. The van der Waals surface area contributed by atoms with E-state index in [-0.39, 0.29) is 11.5 Å². The van der Waals surface area contributed by atoms with Gasteiger partial charge in [0.05, 0.1) is 19.9 Å². The molecule has 7 heteroatoms. The van der Waals surface area contributed by atoms with Crippen LogP contribution in [0.15, 0.2) is 34.2 Å². The minimum absolute atomic E-state index is 0.235. The second-order valence-electron chi connectivity index (χ2n) is 4.42. The van der Waals surface area contributed by atoms with E-state index in [2.05, 4.69) is 20.5 Å². The first-order chi connectivity index (χ1) is 10.6. The van der Waals surface area contributed by atoms with E-state index in [1.807, 2.05) is 25.1 Å². The zero-order valence-corrected chi connectivity index (χ0v) is 12.7. The Morgan fingerprint density at radius 2 is 2.27 bits per heavy atom. The lowest BCUT2D eigenvalue weighted by Crippen LogP contribution is -2.10. The van der Waals surface area contributed by atoms with Crippen molar-refractivity contribution in [2.45, 2.75) is 13.8 Å².